The normalized spacial score (nSPS) is 16.5. The van der Waals surface area contributed by atoms with E-state index in [-0.39, 0.29) is 17.5 Å². The summed E-state index contributed by atoms with van der Waals surface area (Å²) < 4.78 is 14.5. The second-order valence-corrected chi connectivity index (χ2v) is 9.77. The number of fused-ring (bicyclic) bond motifs is 3. The van der Waals surface area contributed by atoms with Crippen molar-refractivity contribution in [2.75, 3.05) is 13.2 Å². The summed E-state index contributed by atoms with van der Waals surface area (Å²) in [7, 11) is 0. The summed E-state index contributed by atoms with van der Waals surface area (Å²) in [6.07, 6.45) is 2.45. The summed E-state index contributed by atoms with van der Waals surface area (Å²) in [6, 6.07) is 4.43. The zero-order chi connectivity index (χ0) is 25.3. The molecule has 35 heavy (non-hydrogen) atoms. The molecule has 1 N–H and O–H groups in total. The van der Waals surface area contributed by atoms with E-state index in [1.807, 2.05) is 6.92 Å². The molecule has 1 aliphatic rings. The maximum atomic E-state index is 13.6. The molecular weight excluding hydrogens is 454 g/mol. The van der Waals surface area contributed by atoms with Gasteiger partial charge in [0.05, 0.1) is 21.5 Å². The Labute approximate surface area is 202 Å². The predicted octanol–water partition coefficient (Wildman–Crippen LogP) is 4.18. The number of ether oxygens (including phenoxy) is 2. The molecule has 3 heterocycles. The predicted molar refractivity (Wildman–Crippen MR) is 131 cm³/mol. The number of nitro groups is 1. The number of alkyl carbamates (subject to hydrolysis) is 1. The molecule has 1 fully saturated rings. The molecule has 11 nitrogen and oxygen atoms in total. The second-order valence-electron chi connectivity index (χ2n) is 9.77. The number of nitrogens with one attached hydrogen (secondary N) is 1. The molecule has 1 amide bonds. The Hall–Kier alpha value is -3.47. The summed E-state index contributed by atoms with van der Waals surface area (Å²) in [5.41, 5.74) is 0.764. The quantitative estimate of drug-likeness (QED) is 0.315. The molecule has 188 valence electrons. The number of rotatable bonds is 6. The third-order valence-electron chi connectivity index (χ3n) is 6.00. The lowest BCUT2D eigenvalue weighted by Crippen LogP contribution is -2.33. The van der Waals surface area contributed by atoms with Crippen LogP contribution in [0.15, 0.2) is 23.0 Å². The first kappa shape index (κ1) is 24.6. The van der Waals surface area contributed by atoms with Gasteiger partial charge >= 0.3 is 6.09 Å². The van der Waals surface area contributed by atoms with Crippen LogP contribution in [0.3, 0.4) is 0 Å². The van der Waals surface area contributed by atoms with Gasteiger partial charge in [0.25, 0.3) is 11.2 Å². The minimum atomic E-state index is -0.600. The molecule has 2 aromatic heterocycles. The summed E-state index contributed by atoms with van der Waals surface area (Å²) in [4.78, 5) is 36.6. The Kier molecular flexibility index (Phi) is 6.79. The number of hydrogen-bond donors (Lipinski definition) is 1. The molecule has 1 unspecified atom stereocenters. The van der Waals surface area contributed by atoms with Gasteiger partial charge in [-0.1, -0.05) is 0 Å². The van der Waals surface area contributed by atoms with Gasteiger partial charge in [-0.05, 0) is 59.4 Å². The molecule has 1 atom stereocenters. The van der Waals surface area contributed by atoms with Gasteiger partial charge in [0.2, 0.25) is 0 Å². The van der Waals surface area contributed by atoms with Crippen molar-refractivity contribution >= 4 is 33.6 Å². The summed E-state index contributed by atoms with van der Waals surface area (Å²) in [5.74, 6) is 0. The number of nitrogens with zero attached hydrogens (tertiary/aromatic N) is 4. The van der Waals surface area contributed by atoms with Crippen molar-refractivity contribution in [3.63, 3.8) is 0 Å². The van der Waals surface area contributed by atoms with Crippen LogP contribution >= 0.6 is 0 Å². The maximum Gasteiger partial charge on any atom is 0.407 e. The van der Waals surface area contributed by atoms with Crippen LogP contribution < -0.4 is 10.9 Å². The Morgan fingerprint density at radius 2 is 2.11 bits per heavy atom. The molecule has 0 spiro atoms. The van der Waals surface area contributed by atoms with Crippen LogP contribution in [0.4, 0.5) is 10.5 Å². The summed E-state index contributed by atoms with van der Waals surface area (Å²) in [6.45, 7) is 8.42. The van der Waals surface area contributed by atoms with Gasteiger partial charge in [-0.3, -0.25) is 14.9 Å². The highest BCUT2D eigenvalue weighted by Crippen LogP contribution is 2.31. The minimum Gasteiger partial charge on any atom is -0.444 e. The molecule has 4 rings (SSSR count). The van der Waals surface area contributed by atoms with Crippen molar-refractivity contribution in [2.24, 2.45) is 0 Å². The number of non-ortho nitro benzene ring substituents is 1. The van der Waals surface area contributed by atoms with Crippen molar-refractivity contribution in [2.45, 2.75) is 71.8 Å². The Morgan fingerprint density at radius 1 is 1.34 bits per heavy atom. The van der Waals surface area contributed by atoms with Crippen LogP contribution in [0.5, 0.6) is 0 Å². The van der Waals surface area contributed by atoms with E-state index >= 15 is 0 Å². The number of aryl methyl sites for hydroxylation is 2. The van der Waals surface area contributed by atoms with Gasteiger partial charge in [0.1, 0.15) is 17.3 Å². The van der Waals surface area contributed by atoms with Gasteiger partial charge in [-0.25, -0.2) is 9.48 Å². The first-order valence-electron chi connectivity index (χ1n) is 11.8. The average Bonchev–Trinajstić information content (AvgIpc) is 3.15. The highest BCUT2D eigenvalue weighted by molar-refractivity contribution is 6.05. The van der Waals surface area contributed by atoms with E-state index in [1.165, 1.54) is 12.1 Å². The van der Waals surface area contributed by atoms with E-state index in [4.69, 9.17) is 14.6 Å². The summed E-state index contributed by atoms with van der Waals surface area (Å²) >= 11 is 0. The number of hydrogen-bond acceptors (Lipinski definition) is 7. The lowest BCUT2D eigenvalue weighted by molar-refractivity contribution is -0.384. The van der Waals surface area contributed by atoms with E-state index in [1.54, 1.807) is 36.1 Å². The van der Waals surface area contributed by atoms with E-state index in [2.05, 4.69) is 5.32 Å². The SMILES string of the molecule is Cc1c2c(=O)n(CCCNC(=O)OC(C)(C)C)c3ccc([N+](=O)[O-])cc3c2nn1C1CCCCO1. The molecule has 0 aliphatic carbocycles. The third-order valence-corrected chi connectivity index (χ3v) is 6.00. The molecule has 3 aromatic rings. The van der Waals surface area contributed by atoms with Gasteiger partial charge in [0.15, 0.2) is 0 Å². The van der Waals surface area contributed by atoms with Crippen LogP contribution in [0, 0.1) is 17.0 Å². The van der Waals surface area contributed by atoms with Gasteiger partial charge in [-0.15, -0.1) is 0 Å². The number of nitro benzene ring substituents is 1. The molecule has 0 radical (unpaired) electrons. The van der Waals surface area contributed by atoms with Crippen molar-refractivity contribution in [3.05, 3.63) is 44.4 Å². The first-order chi connectivity index (χ1) is 16.6. The smallest absolute Gasteiger partial charge is 0.407 e. The van der Waals surface area contributed by atoms with E-state index < -0.39 is 16.6 Å². The average molecular weight is 486 g/mol. The molecule has 11 heteroatoms. The van der Waals surface area contributed by atoms with Crippen molar-refractivity contribution < 1.29 is 19.2 Å². The number of amides is 1. The number of carbonyl (C=O) groups excluding carboxylic acids is 1. The highest BCUT2D eigenvalue weighted by Gasteiger charge is 2.25. The Bertz CT molecular complexity index is 1330. The Balaban J connectivity index is 1.72. The van der Waals surface area contributed by atoms with Crippen molar-refractivity contribution in [1.29, 1.82) is 0 Å². The largest absolute Gasteiger partial charge is 0.444 e. The van der Waals surface area contributed by atoms with Gasteiger partial charge < -0.3 is 19.4 Å². The fourth-order valence-corrected chi connectivity index (χ4v) is 4.43. The Morgan fingerprint density at radius 3 is 2.77 bits per heavy atom. The monoisotopic (exact) mass is 485 g/mol. The lowest BCUT2D eigenvalue weighted by Gasteiger charge is -2.23. The van der Waals surface area contributed by atoms with Gasteiger partial charge in [-0.2, -0.15) is 5.10 Å². The highest BCUT2D eigenvalue weighted by atomic mass is 16.6. The van der Waals surface area contributed by atoms with Gasteiger partial charge in [0, 0.05) is 37.2 Å². The number of carbonyl (C=O) groups is 1. The lowest BCUT2D eigenvalue weighted by atomic mass is 10.1. The standard InChI is InChI=1S/C24H31N5O6/c1-15-20-21(26-28(15)19-8-5-6-13-34-19)17-14-16(29(32)33)9-10-18(17)27(22(20)30)12-7-11-25-23(31)35-24(2,3)4/h9-10,14,19H,5-8,11-13H2,1-4H3,(H,25,31). The molecule has 0 bridgehead atoms. The number of benzene rings is 1. The van der Waals surface area contributed by atoms with Crippen LogP contribution in [-0.2, 0) is 16.0 Å². The third kappa shape index (κ3) is 5.14. The van der Waals surface area contributed by atoms with Crippen LogP contribution in [-0.4, -0.2) is 44.1 Å². The molecule has 0 saturated carbocycles. The molecule has 1 aliphatic heterocycles. The number of pyridine rings is 1. The zero-order valence-electron chi connectivity index (χ0n) is 20.5. The first-order valence-corrected chi connectivity index (χ1v) is 11.8. The maximum absolute atomic E-state index is 13.6. The van der Waals surface area contributed by atoms with E-state index in [9.17, 15) is 19.7 Å². The second kappa shape index (κ2) is 9.65. The summed E-state index contributed by atoms with van der Waals surface area (Å²) in [5, 5.41) is 19.8. The number of aromatic nitrogens is 3. The van der Waals surface area contributed by atoms with Crippen LogP contribution in [0.1, 0.15) is 58.4 Å². The molecule has 1 aromatic carbocycles. The fourth-order valence-electron chi connectivity index (χ4n) is 4.43. The fraction of sp³-hybridized carbons (Fsp3) is 0.542. The minimum absolute atomic E-state index is 0.0725. The van der Waals surface area contributed by atoms with E-state index in [0.29, 0.717) is 53.6 Å². The van der Waals surface area contributed by atoms with Crippen LogP contribution in [0.25, 0.3) is 21.8 Å². The van der Waals surface area contributed by atoms with E-state index in [0.717, 1.165) is 19.3 Å². The van der Waals surface area contributed by atoms with Crippen molar-refractivity contribution in [3.8, 4) is 0 Å². The van der Waals surface area contributed by atoms with Crippen LogP contribution in [0.2, 0.25) is 0 Å². The van der Waals surface area contributed by atoms with Crippen molar-refractivity contribution in [1.82, 2.24) is 19.7 Å². The molecular formula is C24H31N5O6. The molecule has 1 saturated heterocycles. The topological polar surface area (TPSA) is 131 Å². The zero-order valence-corrected chi connectivity index (χ0v) is 20.5.